The number of halogens is 1. The first-order chi connectivity index (χ1) is 5.79. The molecular formula is C9H7IO2. The number of aliphatic hydroxyl groups excluding tert-OH is 1. The Hall–Kier alpha value is -0.550. The Morgan fingerprint density at radius 1 is 1.33 bits per heavy atom. The van der Waals surface area contributed by atoms with E-state index in [0.29, 0.717) is 5.76 Å². The van der Waals surface area contributed by atoms with E-state index in [9.17, 15) is 0 Å². The third kappa shape index (κ3) is 1.34. The maximum absolute atomic E-state index is 8.81. The number of benzene rings is 1. The molecule has 0 radical (unpaired) electrons. The molecule has 0 aliphatic rings. The molecule has 1 aromatic carbocycles. The zero-order valence-electron chi connectivity index (χ0n) is 6.25. The molecule has 2 rings (SSSR count). The van der Waals surface area contributed by atoms with Crippen molar-refractivity contribution >= 4 is 33.6 Å². The molecule has 0 unspecified atom stereocenters. The Labute approximate surface area is 83.3 Å². The molecule has 62 valence electrons. The van der Waals surface area contributed by atoms with Crippen LogP contribution >= 0.6 is 22.6 Å². The van der Waals surface area contributed by atoms with Crippen LogP contribution in [0.3, 0.4) is 0 Å². The summed E-state index contributed by atoms with van der Waals surface area (Å²) in [5.41, 5.74) is 0.839. The SMILES string of the molecule is OCc1cc2ccc(I)cc2o1. The lowest BCUT2D eigenvalue weighted by Gasteiger charge is -1.88. The molecular weight excluding hydrogens is 267 g/mol. The summed E-state index contributed by atoms with van der Waals surface area (Å²) in [5.74, 6) is 0.618. The summed E-state index contributed by atoms with van der Waals surface area (Å²) in [6, 6.07) is 7.81. The number of aliphatic hydroxyl groups is 1. The normalized spacial score (nSPS) is 10.8. The number of furan rings is 1. The molecule has 0 atom stereocenters. The molecule has 1 N–H and O–H groups in total. The van der Waals surface area contributed by atoms with E-state index in [4.69, 9.17) is 9.52 Å². The molecule has 3 heteroatoms. The molecule has 0 aliphatic heterocycles. The lowest BCUT2D eigenvalue weighted by atomic mass is 10.2. The van der Waals surface area contributed by atoms with Gasteiger partial charge < -0.3 is 9.52 Å². The summed E-state index contributed by atoms with van der Waals surface area (Å²) in [7, 11) is 0. The number of rotatable bonds is 1. The van der Waals surface area contributed by atoms with Crippen LogP contribution in [0.1, 0.15) is 5.76 Å². The Morgan fingerprint density at radius 2 is 2.17 bits per heavy atom. The van der Waals surface area contributed by atoms with Crippen LogP contribution in [0.2, 0.25) is 0 Å². The highest BCUT2D eigenvalue weighted by atomic mass is 127. The lowest BCUT2D eigenvalue weighted by Crippen LogP contribution is -1.72. The van der Waals surface area contributed by atoms with Gasteiger partial charge in [0.05, 0.1) is 0 Å². The van der Waals surface area contributed by atoms with Gasteiger partial charge in [-0.25, -0.2) is 0 Å². The number of hydrogen-bond acceptors (Lipinski definition) is 2. The average Bonchev–Trinajstić information content (AvgIpc) is 2.46. The fraction of sp³-hybridized carbons (Fsp3) is 0.111. The third-order valence-electron chi connectivity index (χ3n) is 1.69. The van der Waals surface area contributed by atoms with Gasteiger partial charge in [0, 0.05) is 8.96 Å². The van der Waals surface area contributed by atoms with Gasteiger partial charge in [0.15, 0.2) is 0 Å². The Morgan fingerprint density at radius 3 is 2.92 bits per heavy atom. The molecule has 12 heavy (non-hydrogen) atoms. The third-order valence-corrected chi connectivity index (χ3v) is 2.36. The van der Waals surface area contributed by atoms with Crippen LogP contribution in [-0.2, 0) is 6.61 Å². The van der Waals surface area contributed by atoms with Crippen LogP contribution in [0, 0.1) is 3.57 Å². The largest absolute Gasteiger partial charge is 0.459 e. The molecule has 2 nitrogen and oxygen atoms in total. The Kier molecular flexibility index (Phi) is 2.06. The smallest absolute Gasteiger partial charge is 0.135 e. The van der Waals surface area contributed by atoms with E-state index < -0.39 is 0 Å². The van der Waals surface area contributed by atoms with Crippen molar-refractivity contribution in [2.24, 2.45) is 0 Å². The van der Waals surface area contributed by atoms with Gasteiger partial charge in [-0.1, -0.05) is 6.07 Å². The van der Waals surface area contributed by atoms with Crippen molar-refractivity contribution in [2.75, 3.05) is 0 Å². The topological polar surface area (TPSA) is 33.4 Å². The van der Waals surface area contributed by atoms with Crippen molar-refractivity contribution in [1.29, 1.82) is 0 Å². The predicted molar refractivity (Wildman–Crippen MR) is 54.9 cm³/mol. The highest BCUT2D eigenvalue weighted by Crippen LogP contribution is 2.21. The van der Waals surface area contributed by atoms with Gasteiger partial charge in [-0.05, 0) is 40.8 Å². The molecule has 0 fully saturated rings. The van der Waals surface area contributed by atoms with Crippen LogP contribution in [0.4, 0.5) is 0 Å². The highest BCUT2D eigenvalue weighted by molar-refractivity contribution is 14.1. The Bertz CT molecular complexity index is 406. The van der Waals surface area contributed by atoms with Crippen LogP contribution in [0.25, 0.3) is 11.0 Å². The van der Waals surface area contributed by atoms with Crippen LogP contribution in [0.15, 0.2) is 28.7 Å². The minimum absolute atomic E-state index is 0.0364. The van der Waals surface area contributed by atoms with Gasteiger partial charge in [-0.15, -0.1) is 0 Å². The van der Waals surface area contributed by atoms with E-state index in [1.54, 1.807) is 0 Å². The van der Waals surface area contributed by atoms with Crippen LogP contribution in [-0.4, -0.2) is 5.11 Å². The van der Waals surface area contributed by atoms with E-state index in [1.807, 2.05) is 24.3 Å². The Balaban J connectivity index is 2.67. The van der Waals surface area contributed by atoms with Gasteiger partial charge in [0.25, 0.3) is 0 Å². The maximum Gasteiger partial charge on any atom is 0.135 e. The van der Waals surface area contributed by atoms with Crippen molar-refractivity contribution in [3.05, 3.63) is 33.6 Å². The summed E-state index contributed by atoms with van der Waals surface area (Å²) in [4.78, 5) is 0. The molecule has 0 amide bonds. The molecule has 0 saturated heterocycles. The summed E-state index contributed by atoms with van der Waals surface area (Å²) in [6.45, 7) is -0.0364. The first-order valence-corrected chi connectivity index (χ1v) is 4.66. The summed E-state index contributed by atoms with van der Waals surface area (Å²) < 4.78 is 6.48. The summed E-state index contributed by atoms with van der Waals surface area (Å²) in [6.07, 6.45) is 0. The van der Waals surface area contributed by atoms with Crippen molar-refractivity contribution in [3.63, 3.8) is 0 Å². The van der Waals surface area contributed by atoms with Gasteiger partial charge in [-0.2, -0.15) is 0 Å². The van der Waals surface area contributed by atoms with E-state index in [-0.39, 0.29) is 6.61 Å². The molecule has 0 bridgehead atoms. The molecule has 0 aliphatic carbocycles. The van der Waals surface area contributed by atoms with Crippen LogP contribution < -0.4 is 0 Å². The predicted octanol–water partition coefficient (Wildman–Crippen LogP) is 2.53. The maximum atomic E-state index is 8.81. The monoisotopic (exact) mass is 274 g/mol. The molecule has 0 spiro atoms. The van der Waals surface area contributed by atoms with Gasteiger partial charge >= 0.3 is 0 Å². The van der Waals surface area contributed by atoms with Gasteiger partial charge in [0.2, 0.25) is 0 Å². The summed E-state index contributed by atoms with van der Waals surface area (Å²) in [5, 5.41) is 9.85. The molecule has 1 aromatic heterocycles. The van der Waals surface area contributed by atoms with Crippen molar-refractivity contribution in [1.82, 2.24) is 0 Å². The minimum atomic E-state index is -0.0364. The second kappa shape index (κ2) is 3.06. The summed E-state index contributed by atoms with van der Waals surface area (Å²) >= 11 is 2.23. The second-order valence-electron chi connectivity index (χ2n) is 2.55. The lowest BCUT2D eigenvalue weighted by molar-refractivity contribution is 0.251. The standard InChI is InChI=1S/C9H7IO2/c10-7-2-1-6-3-8(5-11)12-9(6)4-7/h1-4,11H,5H2. The second-order valence-corrected chi connectivity index (χ2v) is 3.80. The fourth-order valence-corrected chi connectivity index (χ4v) is 1.60. The zero-order valence-corrected chi connectivity index (χ0v) is 8.41. The first kappa shape index (κ1) is 8.07. The van der Waals surface area contributed by atoms with Crippen LogP contribution in [0.5, 0.6) is 0 Å². The van der Waals surface area contributed by atoms with Crippen molar-refractivity contribution in [2.45, 2.75) is 6.61 Å². The molecule has 0 saturated carbocycles. The fourth-order valence-electron chi connectivity index (χ4n) is 1.14. The average molecular weight is 274 g/mol. The van der Waals surface area contributed by atoms with E-state index in [1.165, 1.54) is 0 Å². The van der Waals surface area contributed by atoms with Crippen molar-refractivity contribution < 1.29 is 9.52 Å². The van der Waals surface area contributed by atoms with Gasteiger partial charge in [0.1, 0.15) is 18.0 Å². The number of hydrogen-bond donors (Lipinski definition) is 1. The zero-order chi connectivity index (χ0) is 8.55. The molecule has 2 aromatic rings. The van der Waals surface area contributed by atoms with Gasteiger partial charge in [-0.3, -0.25) is 0 Å². The highest BCUT2D eigenvalue weighted by Gasteiger charge is 2.01. The quantitative estimate of drug-likeness (QED) is 0.811. The molecule has 1 heterocycles. The van der Waals surface area contributed by atoms with Crippen molar-refractivity contribution in [3.8, 4) is 0 Å². The first-order valence-electron chi connectivity index (χ1n) is 3.58. The number of fused-ring (bicyclic) bond motifs is 1. The van der Waals surface area contributed by atoms with E-state index in [0.717, 1.165) is 14.5 Å². The van der Waals surface area contributed by atoms with E-state index >= 15 is 0 Å². The van der Waals surface area contributed by atoms with E-state index in [2.05, 4.69) is 22.6 Å². The minimum Gasteiger partial charge on any atom is -0.459 e.